The fourth-order valence-corrected chi connectivity index (χ4v) is 2.60. The third-order valence-corrected chi connectivity index (χ3v) is 4.06. The smallest absolute Gasteiger partial charge is 0.193 e. The highest BCUT2D eigenvalue weighted by Crippen LogP contribution is 2.12. The number of nitrogens with one attached hydrogen (secondary N) is 1. The first-order valence-corrected chi connectivity index (χ1v) is 8.42. The average Bonchev–Trinajstić information content (AvgIpc) is 2.61. The van der Waals surface area contributed by atoms with Gasteiger partial charge in [-0.1, -0.05) is 24.3 Å². The molecule has 5 heteroatoms. The molecule has 0 aliphatic heterocycles. The number of halogens is 1. The quantitative estimate of drug-likeness (QED) is 0.646. The molecule has 0 saturated carbocycles. The van der Waals surface area contributed by atoms with Gasteiger partial charge in [-0.05, 0) is 41.8 Å². The van der Waals surface area contributed by atoms with Gasteiger partial charge >= 0.3 is 0 Å². The number of hydrogen-bond donors (Lipinski definition) is 1. The van der Waals surface area contributed by atoms with Gasteiger partial charge in [0, 0.05) is 47.0 Å². The number of hydrogen-bond acceptors (Lipinski definition) is 2. The van der Waals surface area contributed by atoms with E-state index >= 15 is 0 Å². The van der Waals surface area contributed by atoms with Crippen LogP contribution in [0.3, 0.4) is 0 Å². The maximum atomic E-state index is 13.0. The highest BCUT2D eigenvalue weighted by atomic mass is 19.1. The average molecular weight is 342 g/mol. The van der Waals surface area contributed by atoms with Gasteiger partial charge in [0.25, 0.3) is 0 Å². The van der Waals surface area contributed by atoms with Crippen molar-refractivity contribution < 1.29 is 4.39 Å². The zero-order valence-corrected chi connectivity index (χ0v) is 15.5. The molecule has 134 valence electrons. The summed E-state index contributed by atoms with van der Waals surface area (Å²) in [6, 6.07) is 15.1. The molecule has 2 aromatic rings. The lowest BCUT2D eigenvalue weighted by atomic mass is 10.1. The maximum Gasteiger partial charge on any atom is 0.193 e. The fourth-order valence-electron chi connectivity index (χ4n) is 2.60. The minimum Gasteiger partial charge on any atom is -0.378 e. The summed E-state index contributed by atoms with van der Waals surface area (Å²) in [4.78, 5) is 8.44. The highest BCUT2D eigenvalue weighted by molar-refractivity contribution is 5.79. The second-order valence-electron chi connectivity index (χ2n) is 6.27. The molecule has 2 aromatic carbocycles. The number of anilines is 1. The van der Waals surface area contributed by atoms with Crippen molar-refractivity contribution in [2.45, 2.75) is 13.0 Å². The van der Waals surface area contributed by atoms with E-state index in [0.717, 1.165) is 24.5 Å². The van der Waals surface area contributed by atoms with Gasteiger partial charge in [-0.3, -0.25) is 4.99 Å². The molecule has 0 bridgehead atoms. The first kappa shape index (κ1) is 18.8. The SMILES string of the molecule is CN=C(NCCc1ccc(N(C)C)cc1)N(C)Cc1ccc(F)cc1. The Kier molecular flexibility index (Phi) is 6.81. The minimum absolute atomic E-state index is 0.214. The molecule has 0 saturated heterocycles. The van der Waals surface area contributed by atoms with Crippen LogP contribution in [0, 0.1) is 5.82 Å². The summed E-state index contributed by atoms with van der Waals surface area (Å²) in [7, 11) is 7.83. The molecule has 0 fully saturated rings. The third-order valence-electron chi connectivity index (χ3n) is 4.06. The van der Waals surface area contributed by atoms with Crippen LogP contribution in [-0.2, 0) is 13.0 Å². The topological polar surface area (TPSA) is 30.9 Å². The van der Waals surface area contributed by atoms with Crippen LogP contribution in [0.5, 0.6) is 0 Å². The molecule has 0 radical (unpaired) electrons. The second kappa shape index (κ2) is 9.06. The van der Waals surface area contributed by atoms with Gasteiger partial charge in [0.15, 0.2) is 5.96 Å². The third kappa shape index (κ3) is 5.78. The molecule has 4 nitrogen and oxygen atoms in total. The van der Waals surface area contributed by atoms with E-state index in [-0.39, 0.29) is 5.82 Å². The summed E-state index contributed by atoms with van der Waals surface area (Å²) >= 11 is 0. The molecule has 0 unspecified atom stereocenters. The van der Waals surface area contributed by atoms with Crippen LogP contribution >= 0.6 is 0 Å². The maximum absolute atomic E-state index is 13.0. The van der Waals surface area contributed by atoms with Crippen molar-refractivity contribution in [3.8, 4) is 0 Å². The Hall–Kier alpha value is -2.56. The lowest BCUT2D eigenvalue weighted by Crippen LogP contribution is -2.39. The highest BCUT2D eigenvalue weighted by Gasteiger charge is 2.06. The number of nitrogens with zero attached hydrogens (tertiary/aromatic N) is 3. The predicted octanol–water partition coefficient (Wildman–Crippen LogP) is 3.14. The summed E-state index contributed by atoms with van der Waals surface area (Å²) in [5.74, 6) is 0.614. The van der Waals surface area contributed by atoms with E-state index in [4.69, 9.17) is 0 Å². The monoisotopic (exact) mass is 342 g/mol. The first-order chi connectivity index (χ1) is 12.0. The van der Waals surface area contributed by atoms with Crippen molar-refractivity contribution in [2.24, 2.45) is 4.99 Å². The van der Waals surface area contributed by atoms with Crippen molar-refractivity contribution in [1.82, 2.24) is 10.2 Å². The molecule has 0 aliphatic carbocycles. The van der Waals surface area contributed by atoms with Gasteiger partial charge in [0.2, 0.25) is 0 Å². The van der Waals surface area contributed by atoms with E-state index in [2.05, 4.69) is 39.5 Å². The summed E-state index contributed by atoms with van der Waals surface area (Å²) in [6.07, 6.45) is 0.928. The molecular weight excluding hydrogens is 315 g/mol. The number of benzene rings is 2. The van der Waals surface area contributed by atoms with Crippen molar-refractivity contribution in [2.75, 3.05) is 39.6 Å². The van der Waals surface area contributed by atoms with Crippen LogP contribution in [0.25, 0.3) is 0 Å². The zero-order chi connectivity index (χ0) is 18.2. The van der Waals surface area contributed by atoms with E-state index in [1.54, 1.807) is 19.2 Å². The zero-order valence-electron chi connectivity index (χ0n) is 15.5. The van der Waals surface area contributed by atoms with Crippen LogP contribution in [0.4, 0.5) is 10.1 Å². The van der Waals surface area contributed by atoms with Crippen LogP contribution in [-0.4, -0.2) is 45.6 Å². The molecule has 25 heavy (non-hydrogen) atoms. The Bertz CT molecular complexity index is 678. The van der Waals surface area contributed by atoms with Gasteiger partial charge < -0.3 is 15.1 Å². The summed E-state index contributed by atoms with van der Waals surface area (Å²) in [6.45, 7) is 1.49. The summed E-state index contributed by atoms with van der Waals surface area (Å²) < 4.78 is 13.0. The number of guanidine groups is 1. The first-order valence-electron chi connectivity index (χ1n) is 8.42. The predicted molar refractivity (Wildman–Crippen MR) is 104 cm³/mol. The van der Waals surface area contributed by atoms with Gasteiger partial charge in [-0.25, -0.2) is 4.39 Å². The minimum atomic E-state index is -0.214. The van der Waals surface area contributed by atoms with E-state index in [9.17, 15) is 4.39 Å². The van der Waals surface area contributed by atoms with Crippen molar-refractivity contribution in [1.29, 1.82) is 0 Å². The van der Waals surface area contributed by atoms with Gasteiger partial charge in [0.1, 0.15) is 5.82 Å². The Labute approximate surface area is 150 Å². The standard InChI is InChI=1S/C20H27FN4/c1-22-20(25(4)15-17-5-9-18(21)10-6-17)23-14-13-16-7-11-19(12-8-16)24(2)3/h5-12H,13-15H2,1-4H3,(H,22,23). The van der Waals surface area contributed by atoms with Crippen LogP contribution in [0.15, 0.2) is 53.5 Å². The van der Waals surface area contributed by atoms with Crippen LogP contribution in [0.2, 0.25) is 0 Å². The van der Waals surface area contributed by atoms with E-state index in [1.165, 1.54) is 23.4 Å². The summed E-state index contributed by atoms with van der Waals surface area (Å²) in [5, 5.41) is 3.38. The van der Waals surface area contributed by atoms with Gasteiger partial charge in [-0.15, -0.1) is 0 Å². The van der Waals surface area contributed by atoms with Crippen molar-refractivity contribution in [3.05, 3.63) is 65.5 Å². The summed E-state index contributed by atoms with van der Waals surface area (Å²) in [5.41, 5.74) is 3.53. The van der Waals surface area contributed by atoms with E-state index in [0.29, 0.717) is 6.54 Å². The molecular formula is C20H27FN4. The Balaban J connectivity index is 1.84. The number of rotatable bonds is 6. The van der Waals surface area contributed by atoms with E-state index in [1.807, 2.05) is 26.0 Å². The largest absolute Gasteiger partial charge is 0.378 e. The van der Waals surface area contributed by atoms with Crippen molar-refractivity contribution in [3.63, 3.8) is 0 Å². The van der Waals surface area contributed by atoms with Crippen LogP contribution in [0.1, 0.15) is 11.1 Å². The normalized spacial score (nSPS) is 11.3. The lowest BCUT2D eigenvalue weighted by Gasteiger charge is -2.22. The van der Waals surface area contributed by atoms with E-state index < -0.39 is 0 Å². The molecule has 0 aromatic heterocycles. The van der Waals surface area contributed by atoms with Gasteiger partial charge in [-0.2, -0.15) is 0 Å². The molecule has 0 aliphatic rings. The Morgan fingerprint density at radius 2 is 1.56 bits per heavy atom. The Morgan fingerprint density at radius 1 is 0.960 bits per heavy atom. The Morgan fingerprint density at radius 3 is 2.12 bits per heavy atom. The molecule has 0 amide bonds. The van der Waals surface area contributed by atoms with Gasteiger partial charge in [0.05, 0.1) is 0 Å². The molecule has 0 atom stereocenters. The lowest BCUT2D eigenvalue weighted by molar-refractivity contribution is 0.476. The second-order valence-corrected chi connectivity index (χ2v) is 6.27. The van der Waals surface area contributed by atoms with Crippen LogP contribution < -0.4 is 10.2 Å². The number of aliphatic imine (C=N–C) groups is 1. The molecule has 2 rings (SSSR count). The molecule has 0 spiro atoms. The molecule has 0 heterocycles. The fraction of sp³-hybridized carbons (Fsp3) is 0.350. The van der Waals surface area contributed by atoms with Crippen molar-refractivity contribution >= 4 is 11.6 Å². The molecule has 1 N–H and O–H groups in total.